The number of rotatable bonds is 4. The number of hydrogen-bond donors (Lipinski definition) is 1. The Hall–Kier alpha value is -1.51. The first-order chi connectivity index (χ1) is 9.22. The lowest BCUT2D eigenvalue weighted by Gasteiger charge is -2.13. The molecule has 2 fully saturated rings. The quantitative estimate of drug-likeness (QED) is 0.897. The molecule has 0 unspecified atom stereocenters. The maximum absolute atomic E-state index is 11.8. The molecule has 1 aromatic rings. The van der Waals surface area contributed by atoms with Crippen LogP contribution in [0.2, 0.25) is 0 Å². The summed E-state index contributed by atoms with van der Waals surface area (Å²) in [6.45, 7) is 2.11. The third kappa shape index (κ3) is 3.09. The molecule has 0 aromatic heterocycles. The molecule has 3 heteroatoms. The van der Waals surface area contributed by atoms with Crippen molar-refractivity contribution in [3.05, 3.63) is 24.3 Å². The molecule has 3 nitrogen and oxygen atoms in total. The van der Waals surface area contributed by atoms with E-state index in [0.717, 1.165) is 30.7 Å². The molecule has 0 spiro atoms. The number of benzene rings is 1. The molecule has 2 atom stereocenters. The van der Waals surface area contributed by atoms with Gasteiger partial charge in [0.15, 0.2) is 0 Å². The summed E-state index contributed by atoms with van der Waals surface area (Å²) in [7, 11) is 0. The van der Waals surface area contributed by atoms with Crippen LogP contribution < -0.4 is 10.1 Å². The predicted octanol–water partition coefficient (Wildman–Crippen LogP) is 3.60. The maximum Gasteiger partial charge on any atom is 0.227 e. The van der Waals surface area contributed by atoms with E-state index in [-0.39, 0.29) is 11.8 Å². The molecule has 1 N–H and O–H groups in total. The van der Waals surface area contributed by atoms with Crippen LogP contribution in [0.3, 0.4) is 0 Å². The number of anilines is 1. The summed E-state index contributed by atoms with van der Waals surface area (Å²) in [4.78, 5) is 11.8. The standard InChI is InChI=1S/C16H21NO2/c1-11-10-15(11)16(18)17-12-6-8-14(9-7-12)19-13-4-2-3-5-13/h6-9,11,13,15H,2-5,10H2,1H3,(H,17,18)/t11-,15+/m0/s1. The van der Waals surface area contributed by atoms with Crippen molar-refractivity contribution in [3.63, 3.8) is 0 Å². The highest BCUT2D eigenvalue weighted by atomic mass is 16.5. The van der Waals surface area contributed by atoms with Gasteiger partial charge in [0.2, 0.25) is 5.91 Å². The van der Waals surface area contributed by atoms with Gasteiger partial charge in [-0.05, 0) is 62.3 Å². The van der Waals surface area contributed by atoms with Gasteiger partial charge in [-0.2, -0.15) is 0 Å². The highest BCUT2D eigenvalue weighted by molar-refractivity contribution is 5.94. The summed E-state index contributed by atoms with van der Waals surface area (Å²) in [6.07, 6.45) is 6.29. The SMILES string of the molecule is C[C@H]1C[C@H]1C(=O)Nc1ccc(OC2CCCC2)cc1. The van der Waals surface area contributed by atoms with Gasteiger partial charge in [-0.3, -0.25) is 4.79 Å². The molecule has 0 heterocycles. The Labute approximate surface area is 114 Å². The van der Waals surface area contributed by atoms with Crippen molar-refractivity contribution < 1.29 is 9.53 Å². The van der Waals surface area contributed by atoms with Crippen molar-refractivity contribution in [1.82, 2.24) is 0 Å². The lowest BCUT2D eigenvalue weighted by molar-refractivity contribution is -0.117. The summed E-state index contributed by atoms with van der Waals surface area (Å²) in [5.41, 5.74) is 0.864. The largest absolute Gasteiger partial charge is 0.490 e. The number of hydrogen-bond acceptors (Lipinski definition) is 2. The molecule has 1 aromatic carbocycles. The molecule has 19 heavy (non-hydrogen) atoms. The van der Waals surface area contributed by atoms with Crippen molar-refractivity contribution >= 4 is 11.6 Å². The van der Waals surface area contributed by atoms with Gasteiger partial charge in [-0.15, -0.1) is 0 Å². The van der Waals surface area contributed by atoms with Crippen LogP contribution in [0.5, 0.6) is 5.75 Å². The van der Waals surface area contributed by atoms with Crippen LogP contribution in [0.15, 0.2) is 24.3 Å². The first-order valence-corrected chi connectivity index (χ1v) is 7.30. The van der Waals surface area contributed by atoms with Gasteiger partial charge in [0.05, 0.1) is 6.10 Å². The first-order valence-electron chi connectivity index (χ1n) is 7.30. The van der Waals surface area contributed by atoms with Gasteiger partial charge in [0.1, 0.15) is 5.75 Å². The van der Waals surface area contributed by atoms with Gasteiger partial charge in [0.25, 0.3) is 0 Å². The average molecular weight is 259 g/mol. The molecule has 2 aliphatic carbocycles. The third-order valence-corrected chi connectivity index (χ3v) is 4.17. The summed E-state index contributed by atoms with van der Waals surface area (Å²) >= 11 is 0. The van der Waals surface area contributed by atoms with Gasteiger partial charge < -0.3 is 10.1 Å². The Kier molecular flexibility index (Phi) is 3.45. The Morgan fingerprint density at radius 3 is 2.42 bits per heavy atom. The van der Waals surface area contributed by atoms with Gasteiger partial charge in [0, 0.05) is 11.6 Å². The van der Waals surface area contributed by atoms with E-state index >= 15 is 0 Å². The molecule has 1 amide bonds. The van der Waals surface area contributed by atoms with Crippen molar-refractivity contribution in [1.29, 1.82) is 0 Å². The minimum absolute atomic E-state index is 0.150. The fourth-order valence-corrected chi connectivity index (χ4v) is 2.74. The second-order valence-electron chi connectivity index (χ2n) is 5.86. The lowest BCUT2D eigenvalue weighted by atomic mass is 10.2. The van der Waals surface area contributed by atoms with Crippen molar-refractivity contribution in [2.24, 2.45) is 11.8 Å². The van der Waals surface area contributed by atoms with E-state index in [0.29, 0.717) is 12.0 Å². The Morgan fingerprint density at radius 2 is 1.84 bits per heavy atom. The zero-order valence-electron chi connectivity index (χ0n) is 11.4. The van der Waals surface area contributed by atoms with Crippen LogP contribution in [0.4, 0.5) is 5.69 Å². The van der Waals surface area contributed by atoms with Crippen LogP contribution >= 0.6 is 0 Å². The lowest BCUT2D eigenvalue weighted by Crippen LogP contribution is -2.14. The highest BCUT2D eigenvalue weighted by Crippen LogP contribution is 2.38. The fraction of sp³-hybridized carbons (Fsp3) is 0.562. The number of carbonyl (C=O) groups excluding carboxylic acids is 1. The van der Waals surface area contributed by atoms with E-state index in [2.05, 4.69) is 12.2 Å². The van der Waals surface area contributed by atoms with Crippen LogP contribution in [-0.4, -0.2) is 12.0 Å². The molecule has 0 radical (unpaired) electrons. The smallest absolute Gasteiger partial charge is 0.227 e. The Balaban J connectivity index is 1.54. The van der Waals surface area contributed by atoms with Crippen LogP contribution in [0.25, 0.3) is 0 Å². The monoisotopic (exact) mass is 259 g/mol. The molecule has 2 aliphatic rings. The second-order valence-corrected chi connectivity index (χ2v) is 5.86. The van der Waals surface area contributed by atoms with E-state index in [4.69, 9.17) is 4.74 Å². The molecular formula is C16H21NO2. The Morgan fingerprint density at radius 1 is 1.21 bits per heavy atom. The average Bonchev–Trinajstić information content (AvgIpc) is 2.92. The topological polar surface area (TPSA) is 38.3 Å². The normalized spacial score (nSPS) is 26.2. The zero-order chi connectivity index (χ0) is 13.2. The van der Waals surface area contributed by atoms with Crippen molar-refractivity contribution in [2.75, 3.05) is 5.32 Å². The third-order valence-electron chi connectivity index (χ3n) is 4.17. The number of ether oxygens (including phenoxy) is 1. The molecule has 0 saturated heterocycles. The molecular weight excluding hydrogens is 238 g/mol. The molecule has 3 rings (SSSR count). The predicted molar refractivity (Wildman–Crippen MR) is 75.2 cm³/mol. The van der Waals surface area contributed by atoms with E-state index in [1.165, 1.54) is 12.8 Å². The summed E-state index contributed by atoms with van der Waals surface area (Å²) in [6, 6.07) is 7.75. The maximum atomic E-state index is 11.8. The van der Waals surface area contributed by atoms with Crippen LogP contribution in [0, 0.1) is 11.8 Å². The molecule has 0 bridgehead atoms. The number of nitrogens with one attached hydrogen (secondary N) is 1. The van der Waals surface area contributed by atoms with Gasteiger partial charge in [-0.1, -0.05) is 6.92 Å². The van der Waals surface area contributed by atoms with Gasteiger partial charge in [-0.25, -0.2) is 0 Å². The van der Waals surface area contributed by atoms with E-state index in [1.807, 2.05) is 24.3 Å². The number of amides is 1. The summed E-state index contributed by atoms with van der Waals surface area (Å²) in [5, 5.41) is 2.96. The zero-order valence-corrected chi connectivity index (χ0v) is 11.4. The molecule has 102 valence electrons. The van der Waals surface area contributed by atoms with Crippen LogP contribution in [-0.2, 0) is 4.79 Å². The molecule has 0 aliphatic heterocycles. The van der Waals surface area contributed by atoms with Crippen LogP contribution in [0.1, 0.15) is 39.0 Å². The summed E-state index contributed by atoms with van der Waals surface area (Å²) in [5.74, 6) is 1.82. The van der Waals surface area contributed by atoms with E-state index in [9.17, 15) is 4.79 Å². The van der Waals surface area contributed by atoms with Crippen molar-refractivity contribution in [2.45, 2.75) is 45.1 Å². The fourth-order valence-electron chi connectivity index (χ4n) is 2.74. The number of carbonyl (C=O) groups is 1. The van der Waals surface area contributed by atoms with Gasteiger partial charge >= 0.3 is 0 Å². The molecule has 2 saturated carbocycles. The van der Waals surface area contributed by atoms with E-state index < -0.39 is 0 Å². The van der Waals surface area contributed by atoms with E-state index in [1.54, 1.807) is 0 Å². The highest BCUT2D eigenvalue weighted by Gasteiger charge is 2.39. The minimum atomic E-state index is 0.150. The minimum Gasteiger partial charge on any atom is -0.490 e. The Bertz CT molecular complexity index is 448. The second kappa shape index (κ2) is 5.24. The summed E-state index contributed by atoms with van der Waals surface area (Å²) < 4.78 is 5.90. The first kappa shape index (κ1) is 12.5. The van der Waals surface area contributed by atoms with Crippen molar-refractivity contribution in [3.8, 4) is 5.75 Å².